The van der Waals surface area contributed by atoms with E-state index in [1.165, 1.54) is 0 Å². The van der Waals surface area contributed by atoms with Gasteiger partial charge in [-0.25, -0.2) is 0 Å². The second-order valence-corrected chi connectivity index (χ2v) is 4.25. The maximum Gasteiger partial charge on any atom is 0.405 e. The molecular formula is C10H17F3N2O2. The Morgan fingerprint density at radius 3 is 2.71 bits per heavy atom. The number of nitrogens with one attached hydrogen (secondary N) is 1. The number of hydrogen-bond acceptors (Lipinski definition) is 3. The van der Waals surface area contributed by atoms with Gasteiger partial charge >= 0.3 is 6.18 Å². The highest BCUT2D eigenvalue weighted by molar-refractivity contribution is 5.77. The zero-order valence-electron chi connectivity index (χ0n) is 9.43. The van der Waals surface area contributed by atoms with Crippen LogP contribution >= 0.6 is 0 Å². The fourth-order valence-electron chi connectivity index (χ4n) is 1.78. The van der Waals surface area contributed by atoms with Crippen molar-refractivity contribution >= 4 is 5.91 Å². The van der Waals surface area contributed by atoms with Crippen molar-refractivity contribution in [1.82, 2.24) is 5.32 Å². The topological polar surface area (TPSA) is 64.3 Å². The first-order valence-corrected chi connectivity index (χ1v) is 5.57. The van der Waals surface area contributed by atoms with E-state index >= 15 is 0 Å². The van der Waals surface area contributed by atoms with Gasteiger partial charge in [0.15, 0.2) is 0 Å². The number of nitrogens with two attached hydrogens (primary N) is 1. The van der Waals surface area contributed by atoms with Crippen molar-refractivity contribution in [2.45, 2.75) is 44.0 Å². The Bertz CT molecular complexity index is 258. The van der Waals surface area contributed by atoms with Crippen LogP contribution in [0.2, 0.25) is 0 Å². The van der Waals surface area contributed by atoms with Gasteiger partial charge in [0, 0.05) is 6.04 Å². The van der Waals surface area contributed by atoms with Crippen LogP contribution in [0.3, 0.4) is 0 Å². The molecule has 1 aliphatic carbocycles. The van der Waals surface area contributed by atoms with Crippen molar-refractivity contribution in [3.63, 3.8) is 0 Å². The molecule has 1 aliphatic rings. The Labute approximate surface area is 97.7 Å². The molecule has 1 fully saturated rings. The van der Waals surface area contributed by atoms with Gasteiger partial charge in [-0.1, -0.05) is 0 Å². The number of carbonyl (C=O) groups excluding carboxylic acids is 1. The average molecular weight is 254 g/mol. The quantitative estimate of drug-likeness (QED) is 0.785. The molecule has 0 aliphatic heterocycles. The lowest BCUT2D eigenvalue weighted by molar-refractivity contribution is -0.142. The van der Waals surface area contributed by atoms with E-state index in [1.54, 1.807) is 5.32 Å². The SMILES string of the molecule is NC1CCCC(OCC(=O)NCC(F)(F)F)C1. The summed E-state index contributed by atoms with van der Waals surface area (Å²) in [6.45, 7) is -1.66. The summed E-state index contributed by atoms with van der Waals surface area (Å²) >= 11 is 0. The summed E-state index contributed by atoms with van der Waals surface area (Å²) in [4.78, 5) is 11.0. The molecule has 100 valence electrons. The minimum atomic E-state index is -4.39. The minimum absolute atomic E-state index is 0.0620. The van der Waals surface area contributed by atoms with E-state index < -0.39 is 18.6 Å². The molecule has 1 saturated carbocycles. The Hall–Kier alpha value is -0.820. The fraction of sp³-hybridized carbons (Fsp3) is 0.900. The van der Waals surface area contributed by atoms with Crippen LogP contribution in [0.15, 0.2) is 0 Å². The highest BCUT2D eigenvalue weighted by Crippen LogP contribution is 2.19. The molecule has 7 heteroatoms. The molecule has 0 aromatic rings. The zero-order chi connectivity index (χ0) is 12.9. The van der Waals surface area contributed by atoms with Crippen LogP contribution in [0.4, 0.5) is 13.2 Å². The van der Waals surface area contributed by atoms with Crippen LogP contribution in [-0.4, -0.2) is 37.4 Å². The molecule has 0 aromatic carbocycles. The molecule has 0 saturated heterocycles. The van der Waals surface area contributed by atoms with E-state index in [4.69, 9.17) is 10.5 Å². The first kappa shape index (κ1) is 14.2. The number of rotatable bonds is 4. The number of hydrogen-bond donors (Lipinski definition) is 2. The van der Waals surface area contributed by atoms with E-state index in [0.717, 1.165) is 19.3 Å². The number of alkyl halides is 3. The molecule has 3 N–H and O–H groups in total. The lowest BCUT2D eigenvalue weighted by Crippen LogP contribution is -2.38. The van der Waals surface area contributed by atoms with Crippen LogP contribution < -0.4 is 11.1 Å². The van der Waals surface area contributed by atoms with Gasteiger partial charge in [-0.2, -0.15) is 13.2 Å². The van der Waals surface area contributed by atoms with Gasteiger partial charge in [-0.3, -0.25) is 4.79 Å². The molecule has 1 rings (SSSR count). The van der Waals surface area contributed by atoms with E-state index in [9.17, 15) is 18.0 Å². The van der Waals surface area contributed by atoms with Gasteiger partial charge in [-0.05, 0) is 25.7 Å². The van der Waals surface area contributed by atoms with Crippen LogP contribution in [0.25, 0.3) is 0 Å². The zero-order valence-corrected chi connectivity index (χ0v) is 9.43. The average Bonchev–Trinajstić information content (AvgIpc) is 2.23. The van der Waals surface area contributed by atoms with Gasteiger partial charge in [0.2, 0.25) is 5.91 Å². The van der Waals surface area contributed by atoms with E-state index in [1.807, 2.05) is 0 Å². The molecule has 17 heavy (non-hydrogen) atoms. The molecule has 2 atom stereocenters. The lowest BCUT2D eigenvalue weighted by Gasteiger charge is -2.26. The van der Waals surface area contributed by atoms with Crippen LogP contribution in [0.5, 0.6) is 0 Å². The fourth-order valence-corrected chi connectivity index (χ4v) is 1.78. The van der Waals surface area contributed by atoms with Crippen molar-refractivity contribution in [2.24, 2.45) is 5.73 Å². The Kier molecular flexibility index (Phi) is 5.20. The summed E-state index contributed by atoms with van der Waals surface area (Å²) in [7, 11) is 0. The van der Waals surface area contributed by atoms with Gasteiger partial charge < -0.3 is 15.8 Å². The predicted molar refractivity (Wildman–Crippen MR) is 55.2 cm³/mol. The smallest absolute Gasteiger partial charge is 0.368 e. The normalized spacial score (nSPS) is 25.6. The van der Waals surface area contributed by atoms with E-state index in [-0.39, 0.29) is 18.8 Å². The van der Waals surface area contributed by atoms with Crippen molar-refractivity contribution in [2.75, 3.05) is 13.2 Å². The molecule has 0 heterocycles. The van der Waals surface area contributed by atoms with E-state index in [0.29, 0.717) is 6.42 Å². The molecule has 0 radical (unpaired) electrons. The van der Waals surface area contributed by atoms with E-state index in [2.05, 4.69) is 0 Å². The predicted octanol–water partition coefficient (Wildman–Crippen LogP) is 0.951. The van der Waals surface area contributed by atoms with Gasteiger partial charge in [-0.15, -0.1) is 0 Å². The van der Waals surface area contributed by atoms with Crippen LogP contribution in [-0.2, 0) is 9.53 Å². The molecular weight excluding hydrogens is 237 g/mol. The number of carbonyl (C=O) groups is 1. The van der Waals surface area contributed by atoms with Gasteiger partial charge in [0.25, 0.3) is 0 Å². The highest BCUT2D eigenvalue weighted by atomic mass is 19.4. The largest absolute Gasteiger partial charge is 0.405 e. The second-order valence-electron chi connectivity index (χ2n) is 4.25. The second kappa shape index (κ2) is 6.20. The molecule has 1 amide bonds. The third kappa shape index (κ3) is 6.48. The number of ether oxygens (including phenoxy) is 1. The summed E-state index contributed by atoms with van der Waals surface area (Å²) in [5.41, 5.74) is 5.72. The molecule has 0 bridgehead atoms. The molecule has 4 nitrogen and oxygen atoms in total. The monoisotopic (exact) mass is 254 g/mol. The third-order valence-electron chi connectivity index (χ3n) is 2.60. The maximum absolute atomic E-state index is 11.8. The summed E-state index contributed by atoms with van der Waals surface area (Å²) in [5, 5.41) is 1.75. The molecule has 0 spiro atoms. The van der Waals surface area contributed by atoms with Crippen molar-refractivity contribution in [3.8, 4) is 0 Å². The number of amides is 1. The third-order valence-corrected chi connectivity index (χ3v) is 2.60. The van der Waals surface area contributed by atoms with Crippen LogP contribution in [0, 0.1) is 0 Å². The van der Waals surface area contributed by atoms with Crippen molar-refractivity contribution < 1.29 is 22.7 Å². The Balaban J connectivity index is 2.15. The van der Waals surface area contributed by atoms with Crippen LogP contribution in [0.1, 0.15) is 25.7 Å². The summed E-state index contributed by atoms with van der Waals surface area (Å²) in [6.07, 6.45) is -1.18. The highest BCUT2D eigenvalue weighted by Gasteiger charge is 2.28. The van der Waals surface area contributed by atoms with Crippen molar-refractivity contribution in [1.29, 1.82) is 0 Å². The molecule has 2 unspecified atom stereocenters. The minimum Gasteiger partial charge on any atom is -0.368 e. The lowest BCUT2D eigenvalue weighted by atomic mass is 9.94. The summed E-state index contributed by atoms with van der Waals surface area (Å²) < 4.78 is 40.6. The Morgan fingerprint density at radius 2 is 2.12 bits per heavy atom. The summed E-state index contributed by atoms with van der Waals surface area (Å²) in [5.74, 6) is -0.749. The standard InChI is InChI=1S/C10H17F3N2O2/c11-10(12,13)6-15-9(16)5-17-8-3-1-2-7(14)4-8/h7-8H,1-6,14H2,(H,15,16). The maximum atomic E-state index is 11.8. The first-order valence-electron chi connectivity index (χ1n) is 5.57. The molecule has 0 aromatic heterocycles. The summed E-state index contributed by atoms with van der Waals surface area (Å²) in [6, 6.07) is 0.0620. The Morgan fingerprint density at radius 1 is 1.41 bits per heavy atom. The first-order chi connectivity index (χ1) is 7.87. The van der Waals surface area contributed by atoms with Crippen molar-refractivity contribution in [3.05, 3.63) is 0 Å². The van der Waals surface area contributed by atoms with Gasteiger partial charge in [0.05, 0.1) is 6.10 Å². The number of halogens is 3. The van der Waals surface area contributed by atoms with Gasteiger partial charge in [0.1, 0.15) is 13.2 Å².